The summed E-state index contributed by atoms with van der Waals surface area (Å²) in [6, 6.07) is 4.28. The minimum absolute atomic E-state index is 0.458. The summed E-state index contributed by atoms with van der Waals surface area (Å²) in [5, 5.41) is 14.3. The van der Waals surface area contributed by atoms with E-state index in [0.717, 1.165) is 42.8 Å². The van der Waals surface area contributed by atoms with Crippen molar-refractivity contribution in [2.45, 2.75) is 19.3 Å². The molecule has 1 saturated heterocycles. The second-order valence-electron chi connectivity index (χ2n) is 5.24. The predicted molar refractivity (Wildman–Crippen MR) is 76.8 cm³/mol. The Morgan fingerprint density at radius 2 is 2.45 bits per heavy atom. The smallest absolute Gasteiger partial charge is 0.155 e. The minimum atomic E-state index is 0.458. The predicted octanol–water partition coefficient (Wildman–Crippen LogP) is 1.93. The Morgan fingerprint density at radius 3 is 3.30 bits per heavy atom. The van der Waals surface area contributed by atoms with Crippen LogP contribution in [0.1, 0.15) is 19.3 Å². The largest absolute Gasteiger partial charge is 0.346 e. The van der Waals surface area contributed by atoms with Gasteiger partial charge in [0.05, 0.1) is 11.5 Å². The van der Waals surface area contributed by atoms with Gasteiger partial charge < -0.3 is 4.98 Å². The highest BCUT2D eigenvalue weighted by Gasteiger charge is 2.24. The van der Waals surface area contributed by atoms with E-state index in [1.165, 1.54) is 0 Å². The van der Waals surface area contributed by atoms with Crippen molar-refractivity contribution < 1.29 is 0 Å². The summed E-state index contributed by atoms with van der Waals surface area (Å²) in [5.41, 5.74) is 0.854. The molecule has 20 heavy (non-hydrogen) atoms. The summed E-state index contributed by atoms with van der Waals surface area (Å²) >= 11 is 0. The fraction of sp³-hybridized carbons (Fsp3) is 0.500. The van der Waals surface area contributed by atoms with Crippen molar-refractivity contribution in [2.24, 2.45) is 5.92 Å². The Kier molecular flexibility index (Phi) is 3.52. The molecule has 1 aliphatic heterocycles. The normalized spacial score (nSPS) is 19.9. The van der Waals surface area contributed by atoms with Crippen LogP contribution in [0.25, 0.3) is 11.0 Å². The monoisotopic (exact) mass is 270 g/mol. The Bertz CT molecular complexity index is 628. The molecular weight excluding hydrogens is 252 g/mol. The number of hydrogen-bond acceptors (Lipinski definition) is 5. The molecule has 1 N–H and O–H groups in total. The molecule has 0 saturated carbocycles. The average molecular weight is 270 g/mol. The van der Waals surface area contributed by atoms with E-state index >= 15 is 0 Å². The van der Waals surface area contributed by atoms with Crippen LogP contribution in [-0.2, 0) is 0 Å². The lowest BCUT2D eigenvalue weighted by molar-refractivity contribution is 0.168. The van der Waals surface area contributed by atoms with Crippen molar-refractivity contribution in [3.05, 3.63) is 18.6 Å². The van der Waals surface area contributed by atoms with Gasteiger partial charge in [0.15, 0.2) is 5.82 Å². The number of nitrogens with zero attached hydrogens (tertiary/aromatic N) is 5. The molecule has 1 fully saturated rings. The number of H-pyrrole nitrogens is 1. The first kappa shape index (κ1) is 12.9. The lowest BCUT2D eigenvalue weighted by atomic mass is 9.96. The molecule has 0 aromatic carbocycles. The van der Waals surface area contributed by atoms with Gasteiger partial charge in [0.1, 0.15) is 12.0 Å². The molecule has 1 atom stereocenters. The zero-order chi connectivity index (χ0) is 13.9. The van der Waals surface area contributed by atoms with Gasteiger partial charge in [0.2, 0.25) is 0 Å². The van der Waals surface area contributed by atoms with E-state index in [-0.39, 0.29) is 0 Å². The van der Waals surface area contributed by atoms with Gasteiger partial charge in [-0.3, -0.25) is 5.01 Å². The number of fused-ring (bicyclic) bond motifs is 1. The topological polar surface area (TPSA) is 71.8 Å². The standard InChI is InChI=1S/C14H18N6/c1-19(20-8-2-3-11(9-20)4-6-15)14-12-5-7-16-13(12)17-10-18-14/h5,7,10-11H,2-4,8-9H2,1H3,(H,16,17,18). The lowest BCUT2D eigenvalue weighted by Gasteiger charge is -2.38. The molecule has 2 aromatic rings. The molecule has 0 aliphatic carbocycles. The first-order valence-corrected chi connectivity index (χ1v) is 6.93. The quantitative estimate of drug-likeness (QED) is 0.922. The van der Waals surface area contributed by atoms with E-state index in [0.29, 0.717) is 12.3 Å². The molecular formula is C14H18N6. The molecule has 0 spiro atoms. The number of hydrazine groups is 1. The van der Waals surface area contributed by atoms with Crippen LogP contribution in [-0.4, -0.2) is 40.1 Å². The van der Waals surface area contributed by atoms with E-state index < -0.39 is 0 Å². The third kappa shape index (κ3) is 2.32. The molecule has 0 amide bonds. The van der Waals surface area contributed by atoms with Gasteiger partial charge in [-0.15, -0.1) is 0 Å². The number of aromatic nitrogens is 3. The average Bonchev–Trinajstić information content (AvgIpc) is 2.95. The van der Waals surface area contributed by atoms with Crippen LogP contribution in [0.5, 0.6) is 0 Å². The van der Waals surface area contributed by atoms with E-state index in [4.69, 9.17) is 5.26 Å². The summed E-state index contributed by atoms with van der Waals surface area (Å²) in [7, 11) is 2.03. The van der Waals surface area contributed by atoms with Gasteiger partial charge in [-0.1, -0.05) is 0 Å². The van der Waals surface area contributed by atoms with Crippen LogP contribution in [0.2, 0.25) is 0 Å². The number of hydrogen-bond donors (Lipinski definition) is 1. The van der Waals surface area contributed by atoms with Crippen molar-refractivity contribution in [3.8, 4) is 6.07 Å². The molecule has 1 unspecified atom stereocenters. The molecule has 0 bridgehead atoms. The SMILES string of the molecule is CN(c1ncnc2[nH]ccc12)N1CCCC(CC#N)C1. The molecule has 0 radical (unpaired) electrons. The summed E-state index contributed by atoms with van der Waals surface area (Å²) in [5.74, 6) is 1.37. The number of rotatable bonds is 3. The van der Waals surface area contributed by atoms with E-state index in [2.05, 4.69) is 31.0 Å². The minimum Gasteiger partial charge on any atom is -0.346 e. The summed E-state index contributed by atoms with van der Waals surface area (Å²) < 4.78 is 0. The Labute approximate surface area is 118 Å². The molecule has 2 aromatic heterocycles. The van der Waals surface area contributed by atoms with Crippen molar-refractivity contribution in [1.29, 1.82) is 5.26 Å². The van der Waals surface area contributed by atoms with E-state index in [1.54, 1.807) is 6.33 Å². The molecule has 3 heterocycles. The van der Waals surface area contributed by atoms with Crippen molar-refractivity contribution >= 4 is 16.9 Å². The van der Waals surface area contributed by atoms with Crippen LogP contribution in [0.3, 0.4) is 0 Å². The zero-order valence-electron chi connectivity index (χ0n) is 11.6. The zero-order valence-corrected chi connectivity index (χ0v) is 11.6. The van der Waals surface area contributed by atoms with Crippen LogP contribution in [0.4, 0.5) is 5.82 Å². The number of nitrogens with one attached hydrogen (secondary N) is 1. The fourth-order valence-corrected chi connectivity index (χ4v) is 2.86. The highest BCUT2D eigenvalue weighted by Crippen LogP contribution is 2.26. The second kappa shape index (κ2) is 5.47. The van der Waals surface area contributed by atoms with Crippen molar-refractivity contribution in [2.75, 3.05) is 25.1 Å². The first-order valence-electron chi connectivity index (χ1n) is 6.93. The van der Waals surface area contributed by atoms with Crippen molar-refractivity contribution in [3.63, 3.8) is 0 Å². The Hall–Kier alpha value is -2.13. The lowest BCUT2D eigenvalue weighted by Crippen LogP contribution is -2.46. The van der Waals surface area contributed by atoms with Crippen LogP contribution < -0.4 is 5.01 Å². The molecule has 1 aliphatic rings. The summed E-state index contributed by atoms with van der Waals surface area (Å²) in [4.78, 5) is 11.7. The maximum Gasteiger partial charge on any atom is 0.155 e. The van der Waals surface area contributed by atoms with Crippen LogP contribution >= 0.6 is 0 Å². The number of piperidine rings is 1. The van der Waals surface area contributed by atoms with Crippen molar-refractivity contribution in [1.82, 2.24) is 20.0 Å². The van der Waals surface area contributed by atoms with Gasteiger partial charge in [0, 0.05) is 32.8 Å². The first-order chi connectivity index (χ1) is 9.79. The fourth-order valence-electron chi connectivity index (χ4n) is 2.86. The molecule has 6 nitrogen and oxygen atoms in total. The molecule has 3 rings (SSSR count). The Balaban J connectivity index is 1.83. The highest BCUT2D eigenvalue weighted by atomic mass is 15.6. The van der Waals surface area contributed by atoms with Crippen LogP contribution in [0.15, 0.2) is 18.6 Å². The van der Waals surface area contributed by atoms with Crippen LogP contribution in [0, 0.1) is 17.2 Å². The summed E-state index contributed by atoms with van der Waals surface area (Å²) in [6.45, 7) is 1.92. The number of anilines is 1. The third-order valence-corrected chi connectivity index (χ3v) is 3.94. The number of nitriles is 1. The summed E-state index contributed by atoms with van der Waals surface area (Å²) in [6.07, 6.45) is 6.36. The molecule has 6 heteroatoms. The van der Waals surface area contributed by atoms with Gasteiger partial charge in [-0.25, -0.2) is 15.0 Å². The Morgan fingerprint density at radius 1 is 1.55 bits per heavy atom. The van der Waals surface area contributed by atoms with E-state index in [1.807, 2.05) is 19.3 Å². The maximum atomic E-state index is 8.87. The van der Waals surface area contributed by atoms with Gasteiger partial charge >= 0.3 is 0 Å². The van der Waals surface area contributed by atoms with Gasteiger partial charge in [-0.05, 0) is 24.8 Å². The third-order valence-electron chi connectivity index (χ3n) is 3.94. The highest BCUT2D eigenvalue weighted by molar-refractivity contribution is 5.86. The second-order valence-corrected chi connectivity index (χ2v) is 5.24. The maximum absolute atomic E-state index is 8.87. The van der Waals surface area contributed by atoms with E-state index in [9.17, 15) is 0 Å². The van der Waals surface area contributed by atoms with Gasteiger partial charge in [-0.2, -0.15) is 5.26 Å². The molecule has 104 valence electrons. The van der Waals surface area contributed by atoms with Gasteiger partial charge in [0.25, 0.3) is 0 Å². The number of aromatic amines is 1.